The van der Waals surface area contributed by atoms with Gasteiger partial charge in [0.2, 0.25) is 0 Å². The minimum Gasteiger partial charge on any atom is -0.347 e. The molecule has 4 heterocycles. The molecule has 1 aliphatic heterocycles. The monoisotopic (exact) mass is 313 g/mol. The van der Waals surface area contributed by atoms with Crippen LogP contribution in [0.1, 0.15) is 21.9 Å². The Kier molecular flexibility index (Phi) is 3.07. The lowest BCUT2D eigenvalue weighted by Crippen LogP contribution is -2.37. The SMILES string of the molecule is Cn1nc(-c2cccs2)cc1C(=O)N1CCc2nc[nH]c2C1. The van der Waals surface area contributed by atoms with Crippen LogP contribution in [0.15, 0.2) is 29.9 Å². The van der Waals surface area contributed by atoms with Gasteiger partial charge in [-0.05, 0) is 17.5 Å². The first kappa shape index (κ1) is 13.3. The van der Waals surface area contributed by atoms with Crippen LogP contribution in [0.25, 0.3) is 10.6 Å². The van der Waals surface area contributed by atoms with E-state index < -0.39 is 0 Å². The van der Waals surface area contributed by atoms with Crippen molar-refractivity contribution in [3.8, 4) is 10.6 Å². The van der Waals surface area contributed by atoms with E-state index in [4.69, 9.17) is 0 Å². The maximum atomic E-state index is 12.8. The first-order chi connectivity index (χ1) is 10.7. The van der Waals surface area contributed by atoms with Gasteiger partial charge >= 0.3 is 0 Å². The zero-order valence-electron chi connectivity index (χ0n) is 12.1. The van der Waals surface area contributed by atoms with Crippen molar-refractivity contribution in [2.75, 3.05) is 6.54 Å². The Bertz CT molecular complexity index is 817. The third kappa shape index (κ3) is 2.14. The van der Waals surface area contributed by atoms with E-state index in [9.17, 15) is 4.79 Å². The summed E-state index contributed by atoms with van der Waals surface area (Å²) < 4.78 is 1.67. The number of carbonyl (C=O) groups is 1. The summed E-state index contributed by atoms with van der Waals surface area (Å²) >= 11 is 1.62. The molecule has 1 amide bonds. The smallest absolute Gasteiger partial charge is 0.272 e. The average Bonchev–Trinajstić information content (AvgIpc) is 3.25. The number of aryl methyl sites for hydroxylation is 1. The molecule has 0 unspecified atom stereocenters. The third-order valence-electron chi connectivity index (χ3n) is 3.93. The third-order valence-corrected chi connectivity index (χ3v) is 4.83. The van der Waals surface area contributed by atoms with Gasteiger partial charge < -0.3 is 9.88 Å². The molecule has 4 rings (SSSR count). The highest BCUT2D eigenvalue weighted by Crippen LogP contribution is 2.25. The molecule has 0 saturated carbocycles. The predicted molar refractivity (Wildman–Crippen MR) is 83.6 cm³/mol. The molecule has 0 spiro atoms. The molecule has 0 radical (unpaired) electrons. The van der Waals surface area contributed by atoms with Crippen LogP contribution < -0.4 is 0 Å². The Balaban J connectivity index is 1.61. The lowest BCUT2D eigenvalue weighted by molar-refractivity contribution is 0.0720. The van der Waals surface area contributed by atoms with Gasteiger partial charge in [0.15, 0.2) is 0 Å². The molecule has 0 saturated heterocycles. The topological polar surface area (TPSA) is 66.8 Å². The van der Waals surface area contributed by atoms with Crippen LogP contribution in [0.5, 0.6) is 0 Å². The molecule has 7 heteroatoms. The minimum atomic E-state index is 0.0121. The van der Waals surface area contributed by atoms with E-state index in [1.165, 1.54) is 0 Å². The van der Waals surface area contributed by atoms with Gasteiger partial charge in [0.1, 0.15) is 11.4 Å². The highest BCUT2D eigenvalue weighted by molar-refractivity contribution is 7.13. The van der Waals surface area contributed by atoms with Crippen molar-refractivity contribution >= 4 is 17.2 Å². The molecule has 22 heavy (non-hydrogen) atoms. The normalized spacial score (nSPS) is 14.1. The van der Waals surface area contributed by atoms with Crippen molar-refractivity contribution in [1.82, 2.24) is 24.6 Å². The van der Waals surface area contributed by atoms with Crippen LogP contribution in [0.4, 0.5) is 0 Å². The van der Waals surface area contributed by atoms with Crippen LogP contribution >= 0.6 is 11.3 Å². The standard InChI is InChI=1S/C15H15N5OS/c1-19-13(7-11(18-19)14-3-2-6-22-14)15(21)20-5-4-10-12(8-20)17-9-16-10/h2-3,6-7,9H,4-5,8H2,1H3,(H,16,17). The number of aromatic nitrogens is 4. The second-order valence-electron chi connectivity index (χ2n) is 5.32. The number of aromatic amines is 1. The molecule has 3 aromatic rings. The molecule has 0 fully saturated rings. The van der Waals surface area contributed by atoms with E-state index in [1.807, 2.05) is 35.5 Å². The fourth-order valence-corrected chi connectivity index (χ4v) is 3.44. The Labute approximate surface area is 131 Å². The molecule has 1 aliphatic rings. The molecule has 6 nitrogen and oxygen atoms in total. The van der Waals surface area contributed by atoms with Gasteiger partial charge in [-0.2, -0.15) is 5.10 Å². The summed E-state index contributed by atoms with van der Waals surface area (Å²) in [6, 6.07) is 5.87. The molecule has 3 aromatic heterocycles. The zero-order chi connectivity index (χ0) is 15.1. The minimum absolute atomic E-state index is 0.0121. The summed E-state index contributed by atoms with van der Waals surface area (Å²) in [5, 5.41) is 6.47. The number of H-pyrrole nitrogens is 1. The van der Waals surface area contributed by atoms with Crippen LogP contribution in [-0.4, -0.2) is 37.1 Å². The van der Waals surface area contributed by atoms with Gasteiger partial charge in [0.25, 0.3) is 5.91 Å². The summed E-state index contributed by atoms with van der Waals surface area (Å²) in [5.41, 5.74) is 3.56. The lowest BCUT2D eigenvalue weighted by atomic mass is 10.1. The summed E-state index contributed by atoms with van der Waals surface area (Å²) in [4.78, 5) is 23.1. The quantitative estimate of drug-likeness (QED) is 0.787. The van der Waals surface area contributed by atoms with Crippen LogP contribution in [0.3, 0.4) is 0 Å². The van der Waals surface area contributed by atoms with E-state index in [-0.39, 0.29) is 5.91 Å². The van der Waals surface area contributed by atoms with E-state index in [1.54, 1.807) is 22.3 Å². The Morgan fingerprint density at radius 2 is 2.36 bits per heavy atom. The fourth-order valence-electron chi connectivity index (χ4n) is 2.76. The van der Waals surface area contributed by atoms with Crippen molar-refractivity contribution in [3.63, 3.8) is 0 Å². The van der Waals surface area contributed by atoms with Gasteiger partial charge in [0.05, 0.1) is 29.1 Å². The summed E-state index contributed by atoms with van der Waals surface area (Å²) in [6.07, 6.45) is 2.48. The number of imidazole rings is 1. The fraction of sp³-hybridized carbons (Fsp3) is 0.267. The largest absolute Gasteiger partial charge is 0.347 e. The number of hydrogen-bond acceptors (Lipinski definition) is 4. The van der Waals surface area contributed by atoms with Gasteiger partial charge in [-0.15, -0.1) is 11.3 Å². The maximum absolute atomic E-state index is 12.8. The molecule has 0 aliphatic carbocycles. The van der Waals surface area contributed by atoms with Gasteiger partial charge in [-0.3, -0.25) is 9.48 Å². The number of amides is 1. The lowest BCUT2D eigenvalue weighted by Gasteiger charge is -2.26. The van der Waals surface area contributed by atoms with Gasteiger partial charge in [0, 0.05) is 20.0 Å². The van der Waals surface area contributed by atoms with Crippen molar-refractivity contribution in [1.29, 1.82) is 0 Å². The highest BCUT2D eigenvalue weighted by Gasteiger charge is 2.25. The van der Waals surface area contributed by atoms with Crippen molar-refractivity contribution < 1.29 is 4.79 Å². The predicted octanol–water partition coefficient (Wildman–Crippen LogP) is 2.07. The first-order valence-electron chi connectivity index (χ1n) is 7.10. The second-order valence-corrected chi connectivity index (χ2v) is 6.27. The molecule has 0 atom stereocenters. The van der Waals surface area contributed by atoms with Crippen molar-refractivity contribution in [3.05, 3.63) is 47.0 Å². The van der Waals surface area contributed by atoms with E-state index in [2.05, 4.69) is 15.1 Å². The number of thiophene rings is 1. The summed E-state index contributed by atoms with van der Waals surface area (Å²) in [7, 11) is 1.82. The number of carbonyl (C=O) groups excluding carboxylic acids is 1. The number of fused-ring (bicyclic) bond motifs is 1. The maximum Gasteiger partial charge on any atom is 0.272 e. The van der Waals surface area contributed by atoms with Crippen LogP contribution in [0.2, 0.25) is 0 Å². The molecule has 1 N–H and O–H groups in total. The zero-order valence-corrected chi connectivity index (χ0v) is 12.9. The first-order valence-corrected chi connectivity index (χ1v) is 7.98. The Morgan fingerprint density at radius 3 is 3.18 bits per heavy atom. The molecule has 0 bridgehead atoms. The van der Waals surface area contributed by atoms with Crippen molar-refractivity contribution in [2.24, 2.45) is 7.05 Å². The van der Waals surface area contributed by atoms with Crippen LogP contribution in [-0.2, 0) is 20.0 Å². The second kappa shape index (κ2) is 5.10. The van der Waals surface area contributed by atoms with E-state index in [0.717, 1.165) is 28.4 Å². The molecular weight excluding hydrogens is 298 g/mol. The van der Waals surface area contributed by atoms with Gasteiger partial charge in [-0.25, -0.2) is 4.98 Å². The Morgan fingerprint density at radius 1 is 1.45 bits per heavy atom. The summed E-state index contributed by atoms with van der Waals surface area (Å²) in [6.45, 7) is 1.27. The van der Waals surface area contributed by atoms with Crippen molar-refractivity contribution in [2.45, 2.75) is 13.0 Å². The molecular formula is C15H15N5OS. The number of rotatable bonds is 2. The highest BCUT2D eigenvalue weighted by atomic mass is 32.1. The van der Waals surface area contributed by atoms with Gasteiger partial charge in [-0.1, -0.05) is 6.07 Å². The molecule has 112 valence electrons. The number of nitrogens with zero attached hydrogens (tertiary/aromatic N) is 4. The number of hydrogen-bond donors (Lipinski definition) is 1. The summed E-state index contributed by atoms with van der Waals surface area (Å²) in [5.74, 6) is 0.0121. The van der Waals surface area contributed by atoms with E-state index >= 15 is 0 Å². The number of nitrogens with one attached hydrogen (secondary N) is 1. The Hall–Kier alpha value is -2.41. The molecule has 0 aromatic carbocycles. The average molecular weight is 313 g/mol. The van der Waals surface area contributed by atoms with E-state index in [0.29, 0.717) is 18.8 Å². The van der Waals surface area contributed by atoms with Crippen LogP contribution in [0, 0.1) is 0 Å².